The molecule has 17 heteroatoms. The molecule has 1 aliphatic rings. The van der Waals surface area contributed by atoms with Gasteiger partial charge in [-0.25, -0.2) is 15.4 Å². The number of fused-ring (bicyclic) bond motifs is 1. The fraction of sp³-hybridized carbons (Fsp3) is 0.486. The van der Waals surface area contributed by atoms with Crippen molar-refractivity contribution in [2.45, 2.75) is 88.8 Å². The zero-order valence-electron chi connectivity index (χ0n) is 30.9. The van der Waals surface area contributed by atoms with Crippen LogP contribution in [0.25, 0.3) is 17.0 Å². The zero-order valence-corrected chi connectivity index (χ0v) is 33.9. The van der Waals surface area contributed by atoms with Crippen LogP contribution >= 0.6 is 46.1 Å². The fourth-order valence-electron chi connectivity index (χ4n) is 5.60. The number of aromatic nitrogens is 2. The average Bonchev–Trinajstić information content (AvgIpc) is 3.63. The normalized spacial score (nSPS) is 16.9. The number of carbonyl (C=O) groups excluding carboxylic acids is 5. The number of amides is 3. The molecule has 0 saturated carbocycles. The van der Waals surface area contributed by atoms with Gasteiger partial charge in [-0.2, -0.15) is 0 Å². The summed E-state index contributed by atoms with van der Waals surface area (Å²) >= 11 is 18.5. The predicted octanol–water partition coefficient (Wildman–Crippen LogP) is 5.63. The van der Waals surface area contributed by atoms with E-state index in [2.05, 4.69) is 26.0 Å². The van der Waals surface area contributed by atoms with Gasteiger partial charge in [0.2, 0.25) is 15.6 Å². The number of thiazole rings is 1. The van der Waals surface area contributed by atoms with E-state index in [4.69, 9.17) is 44.3 Å². The fourth-order valence-corrected chi connectivity index (χ4v) is 6.33. The molecule has 0 spiro atoms. The second kappa shape index (κ2) is 18.7. The molecule has 0 bridgehead atoms. The minimum atomic E-state index is -1.79. The molecule has 0 radical (unpaired) electrons. The van der Waals surface area contributed by atoms with Crippen LogP contribution in [0.15, 0.2) is 47.3 Å². The van der Waals surface area contributed by atoms with Gasteiger partial charge in [0.05, 0.1) is 27.8 Å². The number of ether oxygens (including phenoxy) is 2. The van der Waals surface area contributed by atoms with E-state index in [0.29, 0.717) is 29.7 Å². The van der Waals surface area contributed by atoms with Gasteiger partial charge in [-0.3, -0.25) is 29.0 Å². The summed E-state index contributed by atoms with van der Waals surface area (Å²) in [5.41, 5.74) is 6.16. The number of hydrazine groups is 1. The highest BCUT2D eigenvalue weighted by Crippen LogP contribution is 2.27. The summed E-state index contributed by atoms with van der Waals surface area (Å²) < 4.78 is 8.60. The SMILES string of the molecule is CC(=O)O[C@H](C)c1ccc2ccc(C=CC(C)(C)C(=O)NC(C(=O)NC(Cc3cscn3)C(=O)N3CCCC(C(=O)OCC(Cl)(Cl)Cl)N3)C(C)C)cc2n1. The summed E-state index contributed by atoms with van der Waals surface area (Å²) in [6, 6.07) is 6.47. The van der Waals surface area contributed by atoms with Crippen molar-refractivity contribution in [1.82, 2.24) is 31.0 Å². The quantitative estimate of drug-likeness (QED) is 0.137. The first kappa shape index (κ1) is 42.9. The van der Waals surface area contributed by atoms with Gasteiger partial charge in [0.1, 0.15) is 30.8 Å². The van der Waals surface area contributed by atoms with Crippen LogP contribution in [-0.4, -0.2) is 79.7 Å². The average molecular weight is 824 g/mol. The van der Waals surface area contributed by atoms with Crippen molar-refractivity contribution in [3.05, 3.63) is 64.2 Å². The number of esters is 2. The predicted molar refractivity (Wildman–Crippen MR) is 208 cm³/mol. The number of carbonyl (C=O) groups is 5. The molecule has 1 saturated heterocycles. The Bertz CT molecular complexity index is 1850. The number of hydrogen-bond acceptors (Lipinski definition) is 11. The summed E-state index contributed by atoms with van der Waals surface area (Å²) in [5, 5.41) is 9.68. The standard InChI is InChI=1S/C37H45Cl3N6O7S/c1-21(2)31(44-35(51)36(5,6)14-13-24-9-10-25-11-12-27(42-29(25)16-24)22(3)53-23(4)47)32(48)43-30(17-26-18-54-20-41-26)33(49)46-15-7-8-28(45-46)34(50)52-19-37(38,39)40/h9-14,16,18,20-22,28,30-31,45H,7-8,15,17,19H2,1-6H3,(H,43,48)(H,44,51)/t22-,28?,30?,31?/m1/s1. The number of nitrogens with one attached hydrogen (secondary N) is 3. The number of hydrogen-bond donors (Lipinski definition) is 3. The van der Waals surface area contributed by atoms with Gasteiger partial charge in [-0.1, -0.05) is 79.0 Å². The molecular weight excluding hydrogens is 779 g/mol. The van der Waals surface area contributed by atoms with Crippen LogP contribution < -0.4 is 16.1 Å². The summed E-state index contributed by atoms with van der Waals surface area (Å²) in [6.07, 6.45) is 3.98. The van der Waals surface area contributed by atoms with E-state index in [1.54, 1.807) is 51.6 Å². The molecule has 0 aliphatic carbocycles. The van der Waals surface area contributed by atoms with Crippen molar-refractivity contribution < 1.29 is 33.4 Å². The molecule has 3 amide bonds. The lowest BCUT2D eigenvalue weighted by Gasteiger charge is -2.35. The summed E-state index contributed by atoms with van der Waals surface area (Å²) in [4.78, 5) is 74.5. The van der Waals surface area contributed by atoms with Crippen molar-refractivity contribution in [2.75, 3.05) is 13.2 Å². The molecule has 13 nitrogen and oxygen atoms in total. The Morgan fingerprint density at radius 1 is 1.09 bits per heavy atom. The molecule has 54 heavy (non-hydrogen) atoms. The monoisotopic (exact) mass is 822 g/mol. The number of nitrogens with zero attached hydrogens (tertiary/aromatic N) is 3. The number of pyridine rings is 1. The molecule has 4 rings (SSSR count). The number of halogens is 3. The van der Waals surface area contributed by atoms with Gasteiger partial charge in [-0.05, 0) is 57.2 Å². The van der Waals surface area contributed by atoms with Crippen molar-refractivity contribution in [1.29, 1.82) is 0 Å². The van der Waals surface area contributed by atoms with E-state index in [1.165, 1.54) is 23.3 Å². The Balaban J connectivity index is 1.46. The minimum absolute atomic E-state index is 0.0758. The summed E-state index contributed by atoms with van der Waals surface area (Å²) in [6.45, 7) is 9.97. The maximum absolute atomic E-state index is 13.9. The highest BCUT2D eigenvalue weighted by Gasteiger charge is 2.37. The van der Waals surface area contributed by atoms with Gasteiger partial charge in [0, 0.05) is 30.7 Å². The third-order valence-electron chi connectivity index (χ3n) is 8.64. The molecule has 292 valence electrons. The van der Waals surface area contributed by atoms with Gasteiger partial charge in [0.25, 0.3) is 5.91 Å². The minimum Gasteiger partial charge on any atom is -0.460 e. The van der Waals surface area contributed by atoms with Crippen LogP contribution in [0.3, 0.4) is 0 Å². The second-order valence-corrected chi connectivity index (χ2v) is 17.2. The third kappa shape index (κ3) is 12.4. The maximum Gasteiger partial charge on any atom is 0.325 e. The molecule has 2 aromatic heterocycles. The molecule has 1 aliphatic heterocycles. The first-order valence-corrected chi connectivity index (χ1v) is 19.5. The van der Waals surface area contributed by atoms with Gasteiger partial charge >= 0.3 is 11.9 Å². The van der Waals surface area contributed by atoms with Crippen molar-refractivity contribution >= 4 is 92.8 Å². The highest BCUT2D eigenvalue weighted by atomic mass is 35.6. The van der Waals surface area contributed by atoms with Crippen molar-refractivity contribution in [3.63, 3.8) is 0 Å². The molecular formula is C37H45Cl3N6O7S. The van der Waals surface area contributed by atoms with E-state index >= 15 is 0 Å². The molecule has 1 aromatic carbocycles. The highest BCUT2D eigenvalue weighted by molar-refractivity contribution is 7.07. The third-order valence-corrected chi connectivity index (χ3v) is 9.60. The zero-order chi connectivity index (χ0) is 39.8. The Morgan fingerprint density at radius 2 is 1.81 bits per heavy atom. The van der Waals surface area contributed by atoms with E-state index < -0.39 is 69.7 Å². The van der Waals surface area contributed by atoms with E-state index in [9.17, 15) is 24.0 Å². The van der Waals surface area contributed by atoms with E-state index in [1.807, 2.05) is 36.4 Å². The summed E-state index contributed by atoms with van der Waals surface area (Å²) in [5.74, 6) is -2.88. The molecule has 4 atom stereocenters. The van der Waals surface area contributed by atoms with Gasteiger partial charge in [0.15, 0.2) is 0 Å². The second-order valence-electron chi connectivity index (χ2n) is 14.0. The number of benzene rings is 1. The number of rotatable bonds is 14. The van der Waals surface area contributed by atoms with Crippen molar-refractivity contribution in [2.24, 2.45) is 11.3 Å². The van der Waals surface area contributed by atoms with Gasteiger partial charge < -0.3 is 20.1 Å². The van der Waals surface area contributed by atoms with Crippen LogP contribution in [0.4, 0.5) is 0 Å². The molecule has 1 fully saturated rings. The van der Waals surface area contributed by atoms with E-state index in [0.717, 1.165) is 10.9 Å². The Morgan fingerprint density at radius 3 is 2.46 bits per heavy atom. The maximum atomic E-state index is 13.9. The molecule has 3 aromatic rings. The van der Waals surface area contributed by atoms with Crippen LogP contribution in [0, 0.1) is 11.3 Å². The largest absolute Gasteiger partial charge is 0.460 e. The molecule has 3 unspecified atom stereocenters. The van der Waals surface area contributed by atoms with Crippen molar-refractivity contribution in [3.8, 4) is 0 Å². The first-order chi connectivity index (χ1) is 25.3. The lowest BCUT2D eigenvalue weighted by molar-refractivity contribution is -0.153. The van der Waals surface area contributed by atoms with E-state index in [-0.39, 0.29) is 18.9 Å². The van der Waals surface area contributed by atoms with Crippen LogP contribution in [0.5, 0.6) is 0 Å². The lowest BCUT2D eigenvalue weighted by atomic mass is 9.89. The molecule has 3 heterocycles. The Hall–Kier alpha value is -3.82. The topological polar surface area (TPSA) is 169 Å². The smallest absolute Gasteiger partial charge is 0.325 e. The van der Waals surface area contributed by atoms with Crippen LogP contribution in [0.1, 0.15) is 77.4 Å². The Kier molecular flexibility index (Phi) is 14.8. The van der Waals surface area contributed by atoms with Crippen LogP contribution in [-0.2, 0) is 39.9 Å². The summed E-state index contributed by atoms with van der Waals surface area (Å²) in [7, 11) is 0. The lowest BCUT2D eigenvalue weighted by Crippen LogP contribution is -2.62. The first-order valence-electron chi connectivity index (χ1n) is 17.4. The molecule has 3 N–H and O–H groups in total. The van der Waals surface area contributed by atoms with Crippen LogP contribution in [0.2, 0.25) is 0 Å². The van der Waals surface area contributed by atoms with Gasteiger partial charge in [-0.15, -0.1) is 11.3 Å². The number of alkyl halides is 3. The Labute approximate surface area is 333 Å².